The average Bonchev–Trinajstić information content (AvgIpc) is 2.89. The van der Waals surface area contributed by atoms with Crippen molar-refractivity contribution >= 4 is 17.3 Å². The maximum absolute atomic E-state index is 4.52. The van der Waals surface area contributed by atoms with E-state index in [9.17, 15) is 0 Å². The van der Waals surface area contributed by atoms with Gasteiger partial charge in [-0.1, -0.05) is 0 Å². The van der Waals surface area contributed by atoms with Crippen molar-refractivity contribution in [3.8, 4) is 0 Å². The van der Waals surface area contributed by atoms with E-state index < -0.39 is 0 Å². The minimum Gasteiger partial charge on any atom is -0.353 e. The molecule has 2 aromatic heterocycles. The number of imidazole rings is 1. The summed E-state index contributed by atoms with van der Waals surface area (Å²) in [5.74, 6) is 0.982. The van der Waals surface area contributed by atoms with Crippen LogP contribution in [0.15, 0.2) is 11.6 Å². The maximum atomic E-state index is 4.52. The van der Waals surface area contributed by atoms with E-state index in [0.717, 1.165) is 28.9 Å². The molecule has 0 saturated heterocycles. The summed E-state index contributed by atoms with van der Waals surface area (Å²) in [4.78, 5) is 9.01. The minimum atomic E-state index is 0.632. The number of thiazole rings is 1. The lowest BCUT2D eigenvalue weighted by atomic mass is 10.4. The van der Waals surface area contributed by atoms with Gasteiger partial charge in [0.15, 0.2) is 0 Å². The Balaban J connectivity index is 1.80. The molecule has 90 valence electrons. The summed E-state index contributed by atoms with van der Waals surface area (Å²) in [6.45, 7) is 4.87. The molecule has 0 aliphatic heterocycles. The summed E-state index contributed by atoms with van der Waals surface area (Å²) in [5.41, 5.74) is 2.17. The molecule has 2 heterocycles. The van der Waals surface area contributed by atoms with Crippen LogP contribution in [0.5, 0.6) is 0 Å². The van der Waals surface area contributed by atoms with Crippen LogP contribution in [0.3, 0.4) is 0 Å². The molecule has 4 nitrogen and oxygen atoms in total. The zero-order valence-electron chi connectivity index (χ0n) is 10.1. The number of hydrogen-bond acceptors (Lipinski definition) is 4. The van der Waals surface area contributed by atoms with Crippen LogP contribution in [0.2, 0.25) is 0 Å². The molecule has 0 spiro atoms. The van der Waals surface area contributed by atoms with Gasteiger partial charge in [0.25, 0.3) is 0 Å². The lowest BCUT2D eigenvalue weighted by molar-refractivity contribution is 0.776. The van der Waals surface area contributed by atoms with Crippen molar-refractivity contribution in [3.05, 3.63) is 28.0 Å². The first-order valence-electron chi connectivity index (χ1n) is 5.92. The zero-order valence-corrected chi connectivity index (χ0v) is 10.9. The summed E-state index contributed by atoms with van der Waals surface area (Å²) >= 11 is 1.70. The Morgan fingerprint density at radius 1 is 1.41 bits per heavy atom. The maximum Gasteiger partial charge on any atom is 0.203 e. The molecule has 0 atom stereocenters. The van der Waals surface area contributed by atoms with E-state index in [-0.39, 0.29) is 0 Å². The third kappa shape index (κ3) is 2.49. The van der Waals surface area contributed by atoms with Crippen molar-refractivity contribution < 1.29 is 0 Å². The topological polar surface area (TPSA) is 42.7 Å². The van der Waals surface area contributed by atoms with Crippen LogP contribution < -0.4 is 5.32 Å². The molecule has 1 N–H and O–H groups in total. The molecule has 1 aliphatic carbocycles. The van der Waals surface area contributed by atoms with Gasteiger partial charge in [-0.25, -0.2) is 9.97 Å². The number of aryl methyl sites for hydroxylation is 2. The molecule has 17 heavy (non-hydrogen) atoms. The van der Waals surface area contributed by atoms with Crippen LogP contribution in [0.1, 0.15) is 29.2 Å². The molecule has 1 aliphatic rings. The third-order valence-corrected chi connectivity index (χ3v) is 3.63. The number of aromatic nitrogens is 3. The van der Waals surface area contributed by atoms with Crippen LogP contribution >= 0.6 is 11.3 Å². The highest BCUT2D eigenvalue weighted by Crippen LogP contribution is 2.24. The minimum absolute atomic E-state index is 0.632. The van der Waals surface area contributed by atoms with E-state index in [0.29, 0.717) is 6.04 Å². The number of rotatable bonds is 4. The highest BCUT2D eigenvalue weighted by molar-refractivity contribution is 7.09. The quantitative estimate of drug-likeness (QED) is 0.904. The summed E-state index contributed by atoms with van der Waals surface area (Å²) in [6.07, 6.45) is 4.61. The molecule has 0 unspecified atom stereocenters. The molecule has 2 aromatic rings. The van der Waals surface area contributed by atoms with Crippen molar-refractivity contribution in [2.24, 2.45) is 0 Å². The Morgan fingerprint density at radius 3 is 2.88 bits per heavy atom. The lowest BCUT2D eigenvalue weighted by Crippen LogP contribution is -2.09. The molecule has 0 bridgehead atoms. The normalized spacial score (nSPS) is 15.2. The van der Waals surface area contributed by atoms with E-state index in [1.54, 1.807) is 11.3 Å². The number of nitrogens with one attached hydrogen (secondary N) is 1. The van der Waals surface area contributed by atoms with Gasteiger partial charge in [-0.2, -0.15) is 0 Å². The molecule has 3 rings (SSSR count). The monoisotopic (exact) mass is 248 g/mol. The fourth-order valence-corrected chi connectivity index (χ4v) is 2.45. The Morgan fingerprint density at radius 2 is 2.24 bits per heavy atom. The van der Waals surface area contributed by atoms with Crippen LogP contribution in [0.4, 0.5) is 5.95 Å². The Hall–Kier alpha value is -1.36. The van der Waals surface area contributed by atoms with Crippen LogP contribution in [0.25, 0.3) is 0 Å². The van der Waals surface area contributed by atoms with E-state index in [1.807, 2.05) is 13.8 Å². The molecule has 0 radical (unpaired) electrons. The second-order valence-electron chi connectivity index (χ2n) is 4.61. The standard InChI is InChI=1S/C12H16N4S/c1-8-5-16(6-11-7-17-9(2)14-11)12(13-8)15-10-3-4-10/h5,7,10H,3-4,6H2,1-2H3,(H,13,15). The largest absolute Gasteiger partial charge is 0.353 e. The molecular weight excluding hydrogens is 232 g/mol. The number of hydrogen-bond donors (Lipinski definition) is 1. The van der Waals surface area contributed by atoms with Crippen molar-refractivity contribution in [2.75, 3.05) is 5.32 Å². The van der Waals surface area contributed by atoms with Gasteiger partial charge in [-0.05, 0) is 26.7 Å². The first kappa shape index (κ1) is 10.8. The van der Waals surface area contributed by atoms with Crippen molar-refractivity contribution in [2.45, 2.75) is 39.3 Å². The number of anilines is 1. The van der Waals surface area contributed by atoms with Crippen molar-refractivity contribution in [3.63, 3.8) is 0 Å². The van der Waals surface area contributed by atoms with E-state index >= 15 is 0 Å². The fourth-order valence-electron chi connectivity index (χ4n) is 1.85. The van der Waals surface area contributed by atoms with Gasteiger partial charge >= 0.3 is 0 Å². The van der Waals surface area contributed by atoms with E-state index in [2.05, 4.69) is 31.4 Å². The van der Waals surface area contributed by atoms with Gasteiger partial charge < -0.3 is 9.88 Å². The van der Waals surface area contributed by atoms with Crippen molar-refractivity contribution in [1.82, 2.24) is 14.5 Å². The van der Waals surface area contributed by atoms with Gasteiger partial charge in [0.05, 0.1) is 22.9 Å². The highest BCUT2D eigenvalue weighted by atomic mass is 32.1. The van der Waals surface area contributed by atoms with Crippen LogP contribution in [-0.2, 0) is 6.54 Å². The summed E-state index contributed by atoms with van der Waals surface area (Å²) in [7, 11) is 0. The Kier molecular flexibility index (Phi) is 2.63. The number of nitrogens with zero attached hydrogens (tertiary/aromatic N) is 3. The average molecular weight is 248 g/mol. The van der Waals surface area contributed by atoms with Gasteiger partial charge in [0.1, 0.15) is 0 Å². The smallest absolute Gasteiger partial charge is 0.203 e. The summed E-state index contributed by atoms with van der Waals surface area (Å²) < 4.78 is 2.15. The van der Waals surface area contributed by atoms with Gasteiger partial charge in [-0.15, -0.1) is 11.3 Å². The molecule has 1 saturated carbocycles. The first-order valence-corrected chi connectivity index (χ1v) is 6.80. The molecule has 0 amide bonds. The zero-order chi connectivity index (χ0) is 11.8. The fraction of sp³-hybridized carbons (Fsp3) is 0.500. The van der Waals surface area contributed by atoms with E-state index in [4.69, 9.17) is 0 Å². The Labute approximate surface area is 105 Å². The Bertz CT molecular complexity index is 524. The lowest BCUT2D eigenvalue weighted by Gasteiger charge is -2.07. The second-order valence-corrected chi connectivity index (χ2v) is 5.67. The SMILES string of the molecule is Cc1cn(Cc2csc(C)n2)c(NC2CC2)n1. The van der Waals surface area contributed by atoms with Crippen molar-refractivity contribution in [1.29, 1.82) is 0 Å². The van der Waals surface area contributed by atoms with Crippen LogP contribution in [-0.4, -0.2) is 20.6 Å². The second kappa shape index (κ2) is 4.14. The summed E-state index contributed by atoms with van der Waals surface area (Å²) in [6, 6.07) is 0.632. The third-order valence-electron chi connectivity index (χ3n) is 2.81. The molecule has 0 aromatic carbocycles. The van der Waals surface area contributed by atoms with E-state index in [1.165, 1.54) is 12.8 Å². The molecule has 5 heteroatoms. The van der Waals surface area contributed by atoms with Gasteiger partial charge in [-0.3, -0.25) is 0 Å². The molecular formula is C12H16N4S. The predicted molar refractivity (Wildman–Crippen MR) is 69.6 cm³/mol. The summed E-state index contributed by atoms with van der Waals surface area (Å²) in [5, 5.41) is 6.70. The first-order chi connectivity index (χ1) is 8.20. The highest BCUT2D eigenvalue weighted by Gasteiger charge is 2.23. The molecule has 1 fully saturated rings. The van der Waals surface area contributed by atoms with Gasteiger partial charge in [0, 0.05) is 17.6 Å². The van der Waals surface area contributed by atoms with Crippen LogP contribution in [0, 0.1) is 13.8 Å². The van der Waals surface area contributed by atoms with Gasteiger partial charge in [0.2, 0.25) is 5.95 Å². The predicted octanol–water partition coefficient (Wildman–Crippen LogP) is 2.58.